The Bertz CT molecular complexity index is 106. The van der Waals surface area contributed by atoms with Gasteiger partial charge in [0.15, 0.2) is 0 Å². The molecule has 0 aromatic carbocycles. The Hall–Kier alpha value is -0.0800. The first-order chi connectivity index (χ1) is 6.24. The molecule has 2 unspecified atom stereocenters. The molecular formula is C11H25NO. The molecule has 0 rings (SSSR count). The van der Waals surface area contributed by atoms with Crippen molar-refractivity contribution in [3.8, 4) is 0 Å². The molecule has 0 aliphatic rings. The molecule has 1 N–H and O–H groups in total. The number of ether oxygens (including phenoxy) is 1. The van der Waals surface area contributed by atoms with Gasteiger partial charge in [-0.1, -0.05) is 27.2 Å². The van der Waals surface area contributed by atoms with Crippen molar-refractivity contribution in [2.75, 3.05) is 13.1 Å². The molecule has 0 fully saturated rings. The average molecular weight is 187 g/mol. The van der Waals surface area contributed by atoms with Gasteiger partial charge in [-0.3, -0.25) is 0 Å². The Morgan fingerprint density at radius 2 is 1.92 bits per heavy atom. The van der Waals surface area contributed by atoms with Crippen molar-refractivity contribution in [3.05, 3.63) is 0 Å². The summed E-state index contributed by atoms with van der Waals surface area (Å²) in [6.45, 7) is 10.7. The molecule has 80 valence electrons. The summed E-state index contributed by atoms with van der Waals surface area (Å²) >= 11 is 0. The van der Waals surface area contributed by atoms with Crippen LogP contribution in [0.15, 0.2) is 0 Å². The molecular weight excluding hydrogens is 162 g/mol. The standard InChI is InChI=1S/C11H25NO/c1-5-8-10(4)13-11(6-2)9-12-7-3/h10-12H,5-9H2,1-4H3. The van der Waals surface area contributed by atoms with E-state index in [1.807, 2.05) is 0 Å². The highest BCUT2D eigenvalue weighted by atomic mass is 16.5. The summed E-state index contributed by atoms with van der Waals surface area (Å²) in [7, 11) is 0. The largest absolute Gasteiger partial charge is 0.374 e. The van der Waals surface area contributed by atoms with Crippen LogP contribution >= 0.6 is 0 Å². The number of likely N-dealkylation sites (N-methyl/N-ethyl adjacent to an activating group) is 1. The van der Waals surface area contributed by atoms with Gasteiger partial charge >= 0.3 is 0 Å². The Morgan fingerprint density at radius 3 is 2.38 bits per heavy atom. The van der Waals surface area contributed by atoms with Crippen LogP contribution in [0.2, 0.25) is 0 Å². The summed E-state index contributed by atoms with van der Waals surface area (Å²) in [5.41, 5.74) is 0. The lowest BCUT2D eigenvalue weighted by atomic mass is 10.2. The second-order valence-electron chi connectivity index (χ2n) is 3.57. The molecule has 0 heterocycles. The van der Waals surface area contributed by atoms with E-state index in [-0.39, 0.29) is 0 Å². The second kappa shape index (κ2) is 8.52. The van der Waals surface area contributed by atoms with E-state index in [1.165, 1.54) is 12.8 Å². The molecule has 13 heavy (non-hydrogen) atoms. The highest BCUT2D eigenvalue weighted by Crippen LogP contribution is 2.06. The maximum atomic E-state index is 5.88. The fourth-order valence-electron chi connectivity index (χ4n) is 1.40. The van der Waals surface area contributed by atoms with Gasteiger partial charge in [0.05, 0.1) is 12.2 Å². The van der Waals surface area contributed by atoms with Gasteiger partial charge in [-0.25, -0.2) is 0 Å². The summed E-state index contributed by atoms with van der Waals surface area (Å²) in [4.78, 5) is 0. The first-order valence-electron chi connectivity index (χ1n) is 5.60. The smallest absolute Gasteiger partial charge is 0.0700 e. The Morgan fingerprint density at radius 1 is 1.23 bits per heavy atom. The van der Waals surface area contributed by atoms with Crippen LogP contribution in [-0.4, -0.2) is 25.3 Å². The van der Waals surface area contributed by atoms with Crippen LogP contribution in [-0.2, 0) is 4.74 Å². The molecule has 2 heteroatoms. The second-order valence-corrected chi connectivity index (χ2v) is 3.57. The summed E-state index contributed by atoms with van der Waals surface area (Å²) in [6.07, 6.45) is 4.28. The van der Waals surface area contributed by atoms with E-state index in [4.69, 9.17) is 4.74 Å². The quantitative estimate of drug-likeness (QED) is 0.630. The van der Waals surface area contributed by atoms with Crippen molar-refractivity contribution in [2.45, 2.75) is 59.2 Å². The fourth-order valence-corrected chi connectivity index (χ4v) is 1.40. The van der Waals surface area contributed by atoms with Gasteiger partial charge < -0.3 is 10.1 Å². The minimum Gasteiger partial charge on any atom is -0.374 e. The molecule has 0 saturated carbocycles. The maximum absolute atomic E-state index is 5.88. The van der Waals surface area contributed by atoms with Gasteiger partial charge in [0.2, 0.25) is 0 Å². The van der Waals surface area contributed by atoms with Crippen LogP contribution in [0.3, 0.4) is 0 Å². The van der Waals surface area contributed by atoms with Crippen LogP contribution in [0.5, 0.6) is 0 Å². The zero-order valence-corrected chi connectivity index (χ0v) is 9.60. The van der Waals surface area contributed by atoms with Gasteiger partial charge in [0.1, 0.15) is 0 Å². The SMILES string of the molecule is CCCC(C)OC(CC)CNCC. The Labute approximate surface area is 83.1 Å². The van der Waals surface area contributed by atoms with E-state index in [9.17, 15) is 0 Å². The van der Waals surface area contributed by atoms with Crippen molar-refractivity contribution in [1.29, 1.82) is 0 Å². The first-order valence-corrected chi connectivity index (χ1v) is 5.60. The third-order valence-electron chi connectivity index (χ3n) is 2.20. The summed E-state index contributed by atoms with van der Waals surface area (Å²) in [6, 6.07) is 0. The highest BCUT2D eigenvalue weighted by Gasteiger charge is 2.09. The molecule has 0 aliphatic heterocycles. The predicted molar refractivity (Wildman–Crippen MR) is 58.1 cm³/mol. The van der Waals surface area contributed by atoms with E-state index in [2.05, 4.69) is 33.0 Å². The summed E-state index contributed by atoms with van der Waals surface area (Å²) in [5, 5.41) is 3.32. The van der Waals surface area contributed by atoms with Crippen LogP contribution in [0.25, 0.3) is 0 Å². The lowest BCUT2D eigenvalue weighted by Crippen LogP contribution is -2.31. The van der Waals surface area contributed by atoms with Gasteiger partial charge in [0, 0.05) is 6.54 Å². The molecule has 0 amide bonds. The van der Waals surface area contributed by atoms with Crippen molar-refractivity contribution in [1.82, 2.24) is 5.32 Å². The zero-order valence-electron chi connectivity index (χ0n) is 9.60. The Balaban J connectivity index is 3.56. The van der Waals surface area contributed by atoms with E-state index in [0.717, 1.165) is 19.5 Å². The predicted octanol–water partition coefficient (Wildman–Crippen LogP) is 2.58. The summed E-state index contributed by atoms with van der Waals surface area (Å²) in [5.74, 6) is 0. The van der Waals surface area contributed by atoms with Crippen LogP contribution in [0.1, 0.15) is 47.0 Å². The van der Waals surface area contributed by atoms with Gasteiger partial charge in [-0.05, 0) is 26.3 Å². The molecule has 0 saturated heterocycles. The number of hydrogen-bond acceptors (Lipinski definition) is 2. The van der Waals surface area contributed by atoms with Gasteiger partial charge in [-0.2, -0.15) is 0 Å². The topological polar surface area (TPSA) is 21.3 Å². The minimum absolute atomic E-state index is 0.390. The van der Waals surface area contributed by atoms with E-state index in [1.54, 1.807) is 0 Å². The van der Waals surface area contributed by atoms with Crippen LogP contribution in [0.4, 0.5) is 0 Å². The number of hydrogen-bond donors (Lipinski definition) is 1. The number of rotatable bonds is 8. The Kier molecular flexibility index (Phi) is 8.46. The highest BCUT2D eigenvalue weighted by molar-refractivity contribution is 4.61. The van der Waals surface area contributed by atoms with Crippen LogP contribution in [0, 0.1) is 0 Å². The molecule has 0 aliphatic carbocycles. The molecule has 0 aromatic heterocycles. The first kappa shape index (κ1) is 12.9. The van der Waals surface area contributed by atoms with Crippen molar-refractivity contribution < 1.29 is 4.74 Å². The van der Waals surface area contributed by atoms with Gasteiger partial charge in [0.25, 0.3) is 0 Å². The van der Waals surface area contributed by atoms with E-state index < -0.39 is 0 Å². The normalized spacial score (nSPS) is 15.7. The molecule has 2 nitrogen and oxygen atoms in total. The maximum Gasteiger partial charge on any atom is 0.0700 e. The molecule has 0 spiro atoms. The third-order valence-corrected chi connectivity index (χ3v) is 2.20. The number of nitrogens with one attached hydrogen (secondary N) is 1. The van der Waals surface area contributed by atoms with Crippen molar-refractivity contribution in [2.24, 2.45) is 0 Å². The van der Waals surface area contributed by atoms with E-state index in [0.29, 0.717) is 12.2 Å². The summed E-state index contributed by atoms with van der Waals surface area (Å²) < 4.78 is 5.88. The minimum atomic E-state index is 0.390. The average Bonchev–Trinajstić information content (AvgIpc) is 2.12. The fraction of sp³-hybridized carbons (Fsp3) is 1.00. The van der Waals surface area contributed by atoms with E-state index >= 15 is 0 Å². The van der Waals surface area contributed by atoms with Crippen molar-refractivity contribution in [3.63, 3.8) is 0 Å². The lowest BCUT2D eigenvalue weighted by molar-refractivity contribution is -0.00705. The molecule has 0 radical (unpaired) electrons. The van der Waals surface area contributed by atoms with Crippen molar-refractivity contribution >= 4 is 0 Å². The lowest BCUT2D eigenvalue weighted by Gasteiger charge is -2.21. The zero-order chi connectivity index (χ0) is 10.1. The third kappa shape index (κ3) is 7.03. The molecule has 0 bridgehead atoms. The van der Waals surface area contributed by atoms with Gasteiger partial charge in [-0.15, -0.1) is 0 Å². The molecule has 2 atom stereocenters. The monoisotopic (exact) mass is 187 g/mol. The van der Waals surface area contributed by atoms with Crippen LogP contribution < -0.4 is 5.32 Å². The molecule has 0 aromatic rings.